The summed E-state index contributed by atoms with van der Waals surface area (Å²) in [5.41, 5.74) is 3.06. The molecule has 31 heavy (non-hydrogen) atoms. The Morgan fingerprint density at radius 1 is 1.06 bits per heavy atom. The van der Waals surface area contributed by atoms with Crippen LogP contribution >= 0.6 is 0 Å². The van der Waals surface area contributed by atoms with Gasteiger partial charge in [0.2, 0.25) is 0 Å². The van der Waals surface area contributed by atoms with Gasteiger partial charge in [0.25, 0.3) is 5.69 Å². The highest BCUT2D eigenvalue weighted by Crippen LogP contribution is 2.24. The topological polar surface area (TPSA) is 107 Å². The minimum absolute atomic E-state index is 0.0181. The summed E-state index contributed by atoms with van der Waals surface area (Å²) in [7, 11) is 0. The summed E-state index contributed by atoms with van der Waals surface area (Å²) in [6.07, 6.45) is 3.11. The lowest BCUT2D eigenvalue weighted by atomic mass is 10.1. The fraction of sp³-hybridized carbons (Fsp3) is 0.130. The number of fused-ring (bicyclic) bond motifs is 1. The molecule has 0 spiro atoms. The molecule has 1 N–H and O–H groups in total. The molecular weight excluding hydrogens is 398 g/mol. The molecule has 2 aromatic carbocycles. The molecule has 0 saturated carbocycles. The van der Waals surface area contributed by atoms with Gasteiger partial charge < -0.3 is 9.84 Å². The van der Waals surface area contributed by atoms with Crippen LogP contribution in [0.3, 0.4) is 0 Å². The van der Waals surface area contributed by atoms with E-state index in [4.69, 9.17) is 4.74 Å². The summed E-state index contributed by atoms with van der Waals surface area (Å²) in [4.78, 5) is 26.6. The summed E-state index contributed by atoms with van der Waals surface area (Å²) in [5.74, 6) is -0.564. The number of hydrogen-bond donors (Lipinski definition) is 1. The van der Waals surface area contributed by atoms with Gasteiger partial charge in [0.05, 0.1) is 16.8 Å². The van der Waals surface area contributed by atoms with Crippen LogP contribution in [-0.2, 0) is 11.2 Å². The predicted molar refractivity (Wildman–Crippen MR) is 114 cm³/mol. The van der Waals surface area contributed by atoms with E-state index in [1.54, 1.807) is 40.9 Å². The van der Waals surface area contributed by atoms with Gasteiger partial charge in [-0.3, -0.25) is 14.5 Å². The van der Waals surface area contributed by atoms with E-state index in [9.17, 15) is 20.0 Å². The predicted octanol–water partition coefficient (Wildman–Crippen LogP) is 4.37. The van der Waals surface area contributed by atoms with Crippen molar-refractivity contribution in [2.24, 2.45) is 0 Å². The van der Waals surface area contributed by atoms with E-state index in [1.165, 1.54) is 12.3 Å². The molecule has 0 aliphatic rings. The molecule has 0 fully saturated rings. The molecule has 4 rings (SSSR count). The Morgan fingerprint density at radius 3 is 2.48 bits per heavy atom. The van der Waals surface area contributed by atoms with Crippen LogP contribution in [0.1, 0.15) is 12.0 Å². The maximum absolute atomic E-state index is 11.6. The van der Waals surface area contributed by atoms with Crippen molar-refractivity contribution in [1.82, 2.24) is 9.38 Å². The average molecular weight is 417 g/mol. The summed E-state index contributed by atoms with van der Waals surface area (Å²) < 4.78 is 7.29. The first-order valence-corrected chi connectivity index (χ1v) is 9.66. The number of hydrogen-bond acceptors (Lipinski definition) is 5. The van der Waals surface area contributed by atoms with E-state index in [1.807, 2.05) is 30.3 Å². The number of imidazole rings is 1. The van der Waals surface area contributed by atoms with Crippen molar-refractivity contribution in [3.8, 4) is 17.0 Å². The fourth-order valence-corrected chi connectivity index (χ4v) is 3.27. The summed E-state index contributed by atoms with van der Waals surface area (Å²) in [5, 5.41) is 20.4. The van der Waals surface area contributed by atoms with Gasteiger partial charge in [-0.1, -0.05) is 30.3 Å². The summed E-state index contributed by atoms with van der Waals surface area (Å²) in [6, 6.07) is 19.6. The van der Waals surface area contributed by atoms with Crippen molar-refractivity contribution in [3.63, 3.8) is 0 Å². The number of benzene rings is 2. The van der Waals surface area contributed by atoms with E-state index >= 15 is 0 Å². The first-order valence-electron chi connectivity index (χ1n) is 9.66. The van der Waals surface area contributed by atoms with Crippen LogP contribution in [0.4, 0.5) is 5.69 Å². The lowest BCUT2D eigenvalue weighted by Gasteiger charge is -2.15. The molecule has 8 nitrogen and oxygen atoms in total. The molecular formula is C23H19N3O5. The second-order valence-corrected chi connectivity index (χ2v) is 7.03. The molecule has 1 unspecified atom stereocenters. The third-order valence-corrected chi connectivity index (χ3v) is 4.89. The maximum Gasteiger partial charge on any atom is 0.344 e. The van der Waals surface area contributed by atoms with Crippen molar-refractivity contribution < 1.29 is 19.6 Å². The van der Waals surface area contributed by atoms with Gasteiger partial charge in [0, 0.05) is 17.8 Å². The number of nitrogens with zero attached hydrogens (tertiary/aromatic N) is 3. The number of rotatable bonds is 8. The molecule has 0 radical (unpaired) electrons. The zero-order valence-corrected chi connectivity index (χ0v) is 16.4. The first kappa shape index (κ1) is 20.1. The van der Waals surface area contributed by atoms with Crippen molar-refractivity contribution in [2.75, 3.05) is 0 Å². The first-order chi connectivity index (χ1) is 15.0. The SMILES string of the molecule is O=C(O)C(CCc1ccccc1)Oc1ccc(-c2cn3cc([N+](=O)[O-])ccc3n2)cc1. The van der Waals surface area contributed by atoms with Crippen LogP contribution in [0.2, 0.25) is 0 Å². The number of carboxylic acid groups (broad SMARTS) is 1. The minimum Gasteiger partial charge on any atom is -0.479 e. The molecule has 0 amide bonds. The van der Waals surface area contributed by atoms with Crippen molar-refractivity contribution in [2.45, 2.75) is 18.9 Å². The number of aromatic nitrogens is 2. The highest BCUT2D eigenvalue weighted by molar-refractivity contribution is 5.73. The van der Waals surface area contributed by atoms with E-state index in [0.717, 1.165) is 11.1 Å². The monoisotopic (exact) mass is 417 g/mol. The molecule has 4 aromatic rings. The van der Waals surface area contributed by atoms with Gasteiger partial charge >= 0.3 is 5.97 Å². The molecule has 1 atom stereocenters. The second kappa shape index (κ2) is 8.66. The maximum atomic E-state index is 11.6. The third kappa shape index (κ3) is 4.69. The summed E-state index contributed by atoms with van der Waals surface area (Å²) in [6.45, 7) is 0. The lowest BCUT2D eigenvalue weighted by Crippen LogP contribution is -2.27. The van der Waals surface area contributed by atoms with Crippen LogP contribution in [0, 0.1) is 10.1 Å². The number of ether oxygens (including phenoxy) is 1. The molecule has 0 saturated heterocycles. The number of carboxylic acids is 1. The van der Waals surface area contributed by atoms with Crippen molar-refractivity contribution >= 4 is 17.3 Å². The Kier molecular flexibility index (Phi) is 5.61. The number of pyridine rings is 1. The standard InChI is InChI=1S/C23H19N3O5/c27-23(28)21(12-6-16-4-2-1-3-5-16)31-19-10-7-17(8-11-19)20-15-25-14-18(26(29)30)9-13-22(25)24-20/h1-5,7-11,13-15,21H,6,12H2,(H,27,28). The fourth-order valence-electron chi connectivity index (χ4n) is 3.27. The molecule has 0 bridgehead atoms. The summed E-state index contributed by atoms with van der Waals surface area (Å²) >= 11 is 0. The van der Waals surface area contributed by atoms with Gasteiger partial charge in [-0.05, 0) is 48.7 Å². The van der Waals surface area contributed by atoms with Crippen LogP contribution in [0.25, 0.3) is 16.9 Å². The number of carbonyl (C=O) groups is 1. The van der Waals surface area contributed by atoms with Gasteiger partial charge in [-0.25, -0.2) is 9.78 Å². The smallest absolute Gasteiger partial charge is 0.344 e. The van der Waals surface area contributed by atoms with E-state index < -0.39 is 17.0 Å². The number of aryl methyl sites for hydroxylation is 1. The van der Waals surface area contributed by atoms with Crippen molar-refractivity contribution in [3.05, 3.63) is 94.8 Å². The Balaban J connectivity index is 1.47. The Hall–Kier alpha value is -4.20. The average Bonchev–Trinajstić information content (AvgIpc) is 3.21. The second-order valence-electron chi connectivity index (χ2n) is 7.03. The lowest BCUT2D eigenvalue weighted by molar-refractivity contribution is -0.385. The van der Waals surface area contributed by atoms with Gasteiger partial charge in [-0.2, -0.15) is 0 Å². The van der Waals surface area contributed by atoms with Gasteiger partial charge in [-0.15, -0.1) is 0 Å². The van der Waals surface area contributed by atoms with Crippen LogP contribution in [-0.4, -0.2) is 31.5 Å². The van der Waals surface area contributed by atoms with Crippen LogP contribution in [0.15, 0.2) is 79.1 Å². The highest BCUT2D eigenvalue weighted by Gasteiger charge is 2.19. The molecule has 156 valence electrons. The van der Waals surface area contributed by atoms with Crippen molar-refractivity contribution in [1.29, 1.82) is 0 Å². The number of aliphatic carboxylic acids is 1. The zero-order chi connectivity index (χ0) is 21.8. The Labute approximate surface area is 177 Å². The largest absolute Gasteiger partial charge is 0.479 e. The van der Waals surface area contributed by atoms with Crippen LogP contribution in [0.5, 0.6) is 5.75 Å². The highest BCUT2D eigenvalue weighted by atomic mass is 16.6. The Bertz CT molecular complexity index is 1220. The van der Waals surface area contributed by atoms with Gasteiger partial charge in [0.15, 0.2) is 6.10 Å². The van der Waals surface area contributed by atoms with Gasteiger partial charge in [0.1, 0.15) is 11.4 Å². The van der Waals surface area contributed by atoms with E-state index in [-0.39, 0.29) is 5.69 Å². The van der Waals surface area contributed by atoms with E-state index in [2.05, 4.69) is 4.98 Å². The van der Waals surface area contributed by atoms with E-state index in [0.29, 0.717) is 29.9 Å². The normalized spacial score (nSPS) is 11.9. The minimum atomic E-state index is -1.01. The molecule has 2 heterocycles. The molecule has 0 aliphatic heterocycles. The molecule has 2 aromatic heterocycles. The third-order valence-electron chi connectivity index (χ3n) is 4.89. The molecule has 0 aliphatic carbocycles. The Morgan fingerprint density at radius 2 is 1.81 bits per heavy atom. The number of nitro groups is 1. The zero-order valence-electron chi connectivity index (χ0n) is 16.4. The van der Waals surface area contributed by atoms with Crippen LogP contribution < -0.4 is 4.74 Å². The molecule has 8 heteroatoms. The quantitative estimate of drug-likeness (QED) is 0.337.